The zero-order valence-electron chi connectivity index (χ0n) is 9.64. The fourth-order valence-electron chi connectivity index (χ4n) is 3.05. The Bertz CT molecular complexity index is 570. The van der Waals surface area contributed by atoms with Crippen LogP contribution >= 0.6 is 15.9 Å². The van der Waals surface area contributed by atoms with E-state index >= 15 is 0 Å². The number of nitrogens with zero attached hydrogens (tertiary/aromatic N) is 1. The molecule has 3 nitrogen and oxygen atoms in total. The van der Waals surface area contributed by atoms with Gasteiger partial charge in [0.05, 0.1) is 4.90 Å². The van der Waals surface area contributed by atoms with Crippen molar-refractivity contribution in [2.75, 3.05) is 0 Å². The molecule has 1 aromatic rings. The quantitative estimate of drug-likeness (QED) is 0.834. The van der Waals surface area contributed by atoms with E-state index in [9.17, 15) is 12.8 Å². The molecule has 2 heterocycles. The third-order valence-electron chi connectivity index (χ3n) is 3.83. The second-order valence-electron chi connectivity index (χ2n) is 4.87. The molecule has 6 heteroatoms. The van der Waals surface area contributed by atoms with E-state index in [2.05, 4.69) is 15.9 Å². The van der Waals surface area contributed by atoms with Crippen molar-refractivity contribution in [1.82, 2.24) is 4.31 Å². The zero-order chi connectivity index (χ0) is 12.9. The molecule has 0 saturated carbocycles. The van der Waals surface area contributed by atoms with Crippen molar-refractivity contribution in [2.45, 2.75) is 42.7 Å². The number of benzene rings is 1. The lowest BCUT2D eigenvalue weighted by atomic mass is 10.0. The predicted octanol–water partition coefficient (Wildman–Crippen LogP) is 2.90. The molecule has 2 aliphatic rings. The minimum atomic E-state index is -3.58. The van der Waals surface area contributed by atoms with Gasteiger partial charge in [-0.25, -0.2) is 12.8 Å². The topological polar surface area (TPSA) is 37.4 Å². The lowest BCUT2D eigenvalue weighted by Crippen LogP contribution is -2.35. The maximum Gasteiger partial charge on any atom is 0.244 e. The minimum Gasteiger partial charge on any atom is -0.207 e. The Morgan fingerprint density at radius 3 is 2.28 bits per heavy atom. The van der Waals surface area contributed by atoms with E-state index in [1.54, 1.807) is 4.31 Å². The second-order valence-corrected chi connectivity index (χ2v) is 7.54. The molecule has 0 atom stereocenters. The summed E-state index contributed by atoms with van der Waals surface area (Å²) in [6.07, 6.45) is 3.71. The van der Waals surface area contributed by atoms with Crippen LogP contribution in [0.5, 0.6) is 0 Å². The average molecular weight is 334 g/mol. The van der Waals surface area contributed by atoms with Crippen LogP contribution in [0.25, 0.3) is 0 Å². The van der Waals surface area contributed by atoms with Crippen LogP contribution in [0.1, 0.15) is 25.7 Å². The number of rotatable bonds is 2. The van der Waals surface area contributed by atoms with Gasteiger partial charge in [-0.05, 0) is 59.8 Å². The summed E-state index contributed by atoms with van der Waals surface area (Å²) < 4.78 is 40.5. The minimum absolute atomic E-state index is 0.0429. The van der Waals surface area contributed by atoms with Gasteiger partial charge in [0.15, 0.2) is 0 Å². The van der Waals surface area contributed by atoms with Crippen LogP contribution in [0.3, 0.4) is 0 Å². The molecule has 18 heavy (non-hydrogen) atoms. The Morgan fingerprint density at radius 2 is 1.72 bits per heavy atom. The molecule has 0 amide bonds. The highest BCUT2D eigenvalue weighted by Crippen LogP contribution is 2.42. The van der Waals surface area contributed by atoms with Gasteiger partial charge in [0.1, 0.15) is 5.82 Å². The molecule has 2 saturated heterocycles. The molecule has 0 spiro atoms. The van der Waals surface area contributed by atoms with Crippen LogP contribution in [0, 0.1) is 5.82 Å². The molecule has 3 rings (SSSR count). The van der Waals surface area contributed by atoms with Crippen LogP contribution < -0.4 is 0 Å². The van der Waals surface area contributed by atoms with E-state index in [0.29, 0.717) is 4.47 Å². The summed E-state index contributed by atoms with van der Waals surface area (Å²) in [5.74, 6) is -0.525. The van der Waals surface area contributed by atoms with Crippen molar-refractivity contribution in [3.63, 3.8) is 0 Å². The summed E-state index contributed by atoms with van der Waals surface area (Å²) in [6, 6.07) is 4.00. The lowest BCUT2D eigenvalue weighted by molar-refractivity contribution is 0.395. The largest absolute Gasteiger partial charge is 0.244 e. The highest BCUT2D eigenvalue weighted by molar-refractivity contribution is 9.10. The predicted molar refractivity (Wildman–Crippen MR) is 69.2 cm³/mol. The summed E-state index contributed by atoms with van der Waals surface area (Å²) >= 11 is 3.20. The molecule has 2 fully saturated rings. The van der Waals surface area contributed by atoms with E-state index in [-0.39, 0.29) is 17.0 Å². The molecule has 0 radical (unpaired) electrons. The van der Waals surface area contributed by atoms with Crippen molar-refractivity contribution >= 4 is 26.0 Å². The molecular formula is C12H13BrFNO2S. The smallest absolute Gasteiger partial charge is 0.207 e. The summed E-state index contributed by atoms with van der Waals surface area (Å²) in [5.41, 5.74) is 0. The summed E-state index contributed by atoms with van der Waals surface area (Å²) in [7, 11) is -3.58. The molecular weight excluding hydrogens is 321 g/mol. The monoisotopic (exact) mass is 333 g/mol. The van der Waals surface area contributed by atoms with Crippen LogP contribution in [-0.4, -0.2) is 24.8 Å². The van der Waals surface area contributed by atoms with Gasteiger partial charge >= 0.3 is 0 Å². The molecule has 0 aliphatic carbocycles. The molecule has 0 unspecified atom stereocenters. The van der Waals surface area contributed by atoms with Crippen molar-refractivity contribution in [3.05, 3.63) is 28.5 Å². The van der Waals surface area contributed by atoms with Crippen LogP contribution in [0.2, 0.25) is 0 Å². The molecule has 0 N–H and O–H groups in total. The molecule has 0 aromatic heterocycles. The van der Waals surface area contributed by atoms with Gasteiger partial charge in [0, 0.05) is 16.6 Å². The Kier molecular flexibility index (Phi) is 2.99. The second kappa shape index (κ2) is 4.28. The third-order valence-corrected chi connectivity index (χ3v) is 6.83. The standard InChI is InChI=1S/C12H13BrFNO2S/c13-11-6-1-8(14)7-12(11)18(16,17)15-9-2-3-10(15)5-4-9/h1,6-7,9-10H,2-5H2. The number of sulfonamides is 1. The lowest BCUT2D eigenvalue weighted by Gasteiger charge is -2.22. The zero-order valence-corrected chi connectivity index (χ0v) is 12.0. The van der Waals surface area contributed by atoms with Crippen molar-refractivity contribution in [3.8, 4) is 0 Å². The Morgan fingerprint density at radius 1 is 1.17 bits per heavy atom. The van der Waals surface area contributed by atoms with Gasteiger partial charge < -0.3 is 0 Å². The molecule has 1 aromatic carbocycles. The number of halogens is 2. The number of hydrogen-bond donors (Lipinski definition) is 0. The Labute approximate surface area is 114 Å². The Balaban J connectivity index is 2.07. The van der Waals surface area contributed by atoms with Gasteiger partial charge in [0.2, 0.25) is 10.0 Å². The van der Waals surface area contributed by atoms with Gasteiger partial charge in [0.25, 0.3) is 0 Å². The van der Waals surface area contributed by atoms with Gasteiger partial charge in [-0.3, -0.25) is 0 Å². The number of hydrogen-bond acceptors (Lipinski definition) is 2. The maximum absolute atomic E-state index is 13.3. The van der Waals surface area contributed by atoms with E-state index < -0.39 is 15.8 Å². The van der Waals surface area contributed by atoms with Gasteiger partial charge in [-0.1, -0.05) is 0 Å². The van der Waals surface area contributed by atoms with E-state index in [4.69, 9.17) is 0 Å². The van der Waals surface area contributed by atoms with Gasteiger partial charge in [-0.15, -0.1) is 0 Å². The van der Waals surface area contributed by atoms with E-state index in [1.165, 1.54) is 12.1 Å². The van der Waals surface area contributed by atoms with Crippen LogP contribution in [0.15, 0.2) is 27.6 Å². The molecule has 2 aliphatic heterocycles. The van der Waals surface area contributed by atoms with E-state index in [1.807, 2.05) is 0 Å². The summed E-state index contributed by atoms with van der Waals surface area (Å²) in [6.45, 7) is 0. The van der Waals surface area contributed by atoms with E-state index in [0.717, 1.165) is 31.7 Å². The fourth-order valence-corrected chi connectivity index (χ4v) is 5.92. The Hall–Kier alpha value is -0.460. The molecule has 98 valence electrons. The first kappa shape index (κ1) is 12.6. The van der Waals surface area contributed by atoms with Gasteiger partial charge in [-0.2, -0.15) is 4.31 Å². The first-order valence-corrected chi connectivity index (χ1v) is 8.22. The summed E-state index contributed by atoms with van der Waals surface area (Å²) in [5, 5.41) is 0. The average Bonchev–Trinajstić information content (AvgIpc) is 2.92. The first-order chi connectivity index (χ1) is 8.50. The van der Waals surface area contributed by atoms with Crippen molar-refractivity contribution < 1.29 is 12.8 Å². The first-order valence-electron chi connectivity index (χ1n) is 5.99. The highest BCUT2D eigenvalue weighted by Gasteiger charge is 2.47. The normalized spacial score (nSPS) is 27.9. The highest BCUT2D eigenvalue weighted by atomic mass is 79.9. The summed E-state index contributed by atoms with van der Waals surface area (Å²) in [4.78, 5) is 0.0429. The fraction of sp³-hybridized carbons (Fsp3) is 0.500. The SMILES string of the molecule is O=S(=O)(c1cc(F)ccc1Br)N1C2CCC1CC2. The van der Waals surface area contributed by atoms with Crippen molar-refractivity contribution in [1.29, 1.82) is 0 Å². The van der Waals surface area contributed by atoms with Crippen LogP contribution in [0.4, 0.5) is 4.39 Å². The van der Waals surface area contributed by atoms with Crippen LogP contribution in [-0.2, 0) is 10.0 Å². The number of fused-ring (bicyclic) bond motifs is 2. The third kappa shape index (κ3) is 1.82. The van der Waals surface area contributed by atoms with Crippen molar-refractivity contribution in [2.24, 2.45) is 0 Å². The maximum atomic E-state index is 13.3. The molecule has 2 bridgehead atoms.